The first-order chi connectivity index (χ1) is 10.7. The number of alkyl carbamates (subject to hydrolysis) is 1. The van der Waals surface area contributed by atoms with Gasteiger partial charge in [-0.05, 0) is 33.3 Å². The molecule has 0 saturated heterocycles. The molecule has 2 rings (SSSR count). The normalized spacial score (nSPS) is 12.8. The van der Waals surface area contributed by atoms with Crippen molar-refractivity contribution in [2.75, 3.05) is 0 Å². The van der Waals surface area contributed by atoms with Crippen LogP contribution in [0, 0.1) is 5.82 Å². The van der Waals surface area contributed by atoms with Gasteiger partial charge in [-0.25, -0.2) is 9.18 Å². The predicted octanol–water partition coefficient (Wildman–Crippen LogP) is 3.81. The summed E-state index contributed by atoms with van der Waals surface area (Å²) in [5.41, 5.74) is 1.53. The highest BCUT2D eigenvalue weighted by Gasteiger charge is 2.18. The van der Waals surface area contributed by atoms with Gasteiger partial charge in [-0.1, -0.05) is 24.3 Å². The monoisotopic (exact) mass is 319 g/mol. The lowest BCUT2D eigenvalue weighted by Gasteiger charge is -2.22. The van der Waals surface area contributed by atoms with E-state index >= 15 is 0 Å². The molecule has 1 atom stereocenters. The topological polar surface area (TPSA) is 56.1 Å². The number of aryl methyl sites for hydroxylation is 1. The molecule has 0 aliphatic heterocycles. The SMILES string of the molecule is C[C@H](NC(=O)OC(C)(C)C)c1ccc(-c2c(F)cnn2C)cc1. The number of rotatable bonds is 3. The Morgan fingerprint density at radius 3 is 2.39 bits per heavy atom. The molecule has 2 aromatic rings. The third kappa shape index (κ3) is 4.31. The van der Waals surface area contributed by atoms with Crippen LogP contribution in [-0.2, 0) is 11.8 Å². The van der Waals surface area contributed by atoms with Crippen molar-refractivity contribution < 1.29 is 13.9 Å². The van der Waals surface area contributed by atoms with Crippen molar-refractivity contribution >= 4 is 6.09 Å². The van der Waals surface area contributed by atoms with Crippen molar-refractivity contribution in [3.05, 3.63) is 41.8 Å². The molecule has 6 heteroatoms. The molecular weight excluding hydrogens is 297 g/mol. The highest BCUT2D eigenvalue weighted by atomic mass is 19.1. The van der Waals surface area contributed by atoms with Gasteiger partial charge >= 0.3 is 6.09 Å². The van der Waals surface area contributed by atoms with Crippen molar-refractivity contribution in [3.8, 4) is 11.3 Å². The third-order valence-corrected chi connectivity index (χ3v) is 3.31. The van der Waals surface area contributed by atoms with Crippen LogP contribution in [0.3, 0.4) is 0 Å². The van der Waals surface area contributed by atoms with E-state index in [9.17, 15) is 9.18 Å². The number of ether oxygens (including phenoxy) is 1. The Kier molecular flexibility index (Phi) is 4.73. The predicted molar refractivity (Wildman–Crippen MR) is 86.4 cm³/mol. The Morgan fingerprint density at radius 2 is 1.91 bits per heavy atom. The van der Waals surface area contributed by atoms with Crippen LogP contribution in [0.15, 0.2) is 30.5 Å². The summed E-state index contributed by atoms with van der Waals surface area (Å²) in [7, 11) is 1.69. The molecule has 23 heavy (non-hydrogen) atoms. The molecule has 0 unspecified atom stereocenters. The van der Waals surface area contributed by atoms with Crippen LogP contribution < -0.4 is 5.32 Å². The van der Waals surface area contributed by atoms with Crippen LogP contribution in [0.2, 0.25) is 0 Å². The number of hydrogen-bond acceptors (Lipinski definition) is 3. The fourth-order valence-corrected chi connectivity index (χ4v) is 2.23. The van der Waals surface area contributed by atoms with E-state index in [1.807, 2.05) is 52.0 Å². The van der Waals surface area contributed by atoms with Crippen molar-refractivity contribution in [1.82, 2.24) is 15.1 Å². The fourth-order valence-electron chi connectivity index (χ4n) is 2.23. The van der Waals surface area contributed by atoms with Gasteiger partial charge in [0, 0.05) is 12.6 Å². The lowest BCUT2D eigenvalue weighted by Crippen LogP contribution is -2.34. The number of nitrogens with zero attached hydrogens (tertiary/aromatic N) is 2. The first-order valence-electron chi connectivity index (χ1n) is 7.45. The summed E-state index contributed by atoms with van der Waals surface area (Å²) in [6.07, 6.45) is 0.724. The lowest BCUT2D eigenvalue weighted by atomic mass is 10.0. The highest BCUT2D eigenvalue weighted by molar-refractivity contribution is 5.68. The van der Waals surface area contributed by atoms with Crippen molar-refractivity contribution in [2.45, 2.75) is 39.3 Å². The number of aromatic nitrogens is 2. The molecule has 5 nitrogen and oxygen atoms in total. The standard InChI is InChI=1S/C17H22FN3O2/c1-11(20-16(22)23-17(2,3)4)12-6-8-13(9-7-12)15-14(18)10-19-21(15)5/h6-11H,1-5H3,(H,20,22)/t11-/m0/s1. The molecule has 1 amide bonds. The molecule has 1 heterocycles. The minimum Gasteiger partial charge on any atom is -0.444 e. The quantitative estimate of drug-likeness (QED) is 0.936. The molecule has 0 aliphatic carbocycles. The van der Waals surface area contributed by atoms with E-state index in [1.165, 1.54) is 10.9 Å². The molecule has 0 radical (unpaired) electrons. The second kappa shape index (κ2) is 6.40. The number of amides is 1. The zero-order chi connectivity index (χ0) is 17.2. The highest BCUT2D eigenvalue weighted by Crippen LogP contribution is 2.24. The van der Waals surface area contributed by atoms with Crippen LogP contribution in [0.5, 0.6) is 0 Å². The Balaban J connectivity index is 2.09. The van der Waals surface area contributed by atoms with E-state index in [0.29, 0.717) is 5.69 Å². The van der Waals surface area contributed by atoms with Gasteiger partial charge in [-0.3, -0.25) is 4.68 Å². The summed E-state index contributed by atoms with van der Waals surface area (Å²) < 4.78 is 20.5. The van der Waals surface area contributed by atoms with Gasteiger partial charge in [0.05, 0.1) is 12.2 Å². The first-order valence-corrected chi connectivity index (χ1v) is 7.45. The summed E-state index contributed by atoms with van der Waals surface area (Å²) in [6.45, 7) is 7.31. The minimum atomic E-state index is -0.537. The zero-order valence-electron chi connectivity index (χ0n) is 14.1. The first kappa shape index (κ1) is 17.0. The number of nitrogens with one attached hydrogen (secondary N) is 1. The number of hydrogen-bond donors (Lipinski definition) is 1. The van der Waals surface area contributed by atoms with Gasteiger partial charge < -0.3 is 10.1 Å². The van der Waals surface area contributed by atoms with E-state index in [1.54, 1.807) is 7.05 Å². The lowest BCUT2D eigenvalue weighted by molar-refractivity contribution is 0.0508. The van der Waals surface area contributed by atoms with E-state index in [0.717, 1.165) is 11.1 Å². The zero-order valence-corrected chi connectivity index (χ0v) is 14.1. The Hall–Kier alpha value is -2.37. The summed E-state index contributed by atoms with van der Waals surface area (Å²) >= 11 is 0. The molecule has 0 fully saturated rings. The smallest absolute Gasteiger partial charge is 0.408 e. The van der Waals surface area contributed by atoms with E-state index in [-0.39, 0.29) is 11.9 Å². The maximum atomic E-state index is 13.7. The fraction of sp³-hybridized carbons (Fsp3) is 0.412. The Morgan fingerprint density at radius 1 is 1.30 bits per heavy atom. The van der Waals surface area contributed by atoms with Crippen molar-refractivity contribution in [2.24, 2.45) is 7.05 Å². The summed E-state index contributed by atoms with van der Waals surface area (Å²) in [5, 5.41) is 6.67. The summed E-state index contributed by atoms with van der Waals surface area (Å²) in [6, 6.07) is 7.11. The second-order valence-electron chi connectivity index (χ2n) is 6.45. The molecule has 1 N–H and O–H groups in total. The second-order valence-corrected chi connectivity index (χ2v) is 6.45. The summed E-state index contributed by atoms with van der Waals surface area (Å²) in [4.78, 5) is 11.8. The summed E-state index contributed by atoms with van der Waals surface area (Å²) in [5.74, 6) is -0.361. The van der Waals surface area contributed by atoms with Gasteiger partial charge in [0.25, 0.3) is 0 Å². The van der Waals surface area contributed by atoms with Gasteiger partial charge in [0.15, 0.2) is 5.82 Å². The van der Waals surface area contributed by atoms with Gasteiger partial charge in [-0.2, -0.15) is 5.10 Å². The average Bonchev–Trinajstić information content (AvgIpc) is 2.76. The largest absolute Gasteiger partial charge is 0.444 e. The van der Waals surface area contributed by atoms with E-state index in [4.69, 9.17) is 4.74 Å². The molecule has 124 valence electrons. The molecule has 1 aromatic carbocycles. The molecule has 0 bridgehead atoms. The molecular formula is C17H22FN3O2. The molecule has 0 aliphatic rings. The average molecular weight is 319 g/mol. The number of carbonyl (C=O) groups is 1. The van der Waals surface area contributed by atoms with E-state index < -0.39 is 11.7 Å². The van der Waals surface area contributed by atoms with Crippen LogP contribution in [0.25, 0.3) is 11.3 Å². The molecule has 0 spiro atoms. The van der Waals surface area contributed by atoms with Gasteiger partial charge in [0.2, 0.25) is 0 Å². The number of carbonyl (C=O) groups excluding carboxylic acids is 1. The van der Waals surface area contributed by atoms with E-state index in [2.05, 4.69) is 10.4 Å². The Labute approximate surface area is 135 Å². The van der Waals surface area contributed by atoms with Gasteiger partial charge in [0.1, 0.15) is 11.3 Å². The maximum absolute atomic E-state index is 13.7. The molecule has 1 aromatic heterocycles. The number of halogens is 1. The molecule has 0 saturated carbocycles. The van der Waals surface area contributed by atoms with Crippen LogP contribution in [0.4, 0.5) is 9.18 Å². The van der Waals surface area contributed by atoms with Crippen LogP contribution >= 0.6 is 0 Å². The van der Waals surface area contributed by atoms with Crippen molar-refractivity contribution in [1.29, 1.82) is 0 Å². The van der Waals surface area contributed by atoms with Crippen LogP contribution in [0.1, 0.15) is 39.3 Å². The third-order valence-electron chi connectivity index (χ3n) is 3.31. The van der Waals surface area contributed by atoms with Crippen molar-refractivity contribution in [3.63, 3.8) is 0 Å². The maximum Gasteiger partial charge on any atom is 0.408 e. The Bertz CT molecular complexity index is 667. The van der Waals surface area contributed by atoms with Crippen LogP contribution in [-0.4, -0.2) is 21.5 Å². The minimum absolute atomic E-state index is 0.213. The number of benzene rings is 1. The van der Waals surface area contributed by atoms with Gasteiger partial charge in [-0.15, -0.1) is 0 Å².